The van der Waals surface area contributed by atoms with Crippen molar-refractivity contribution in [2.75, 3.05) is 0 Å². The van der Waals surface area contributed by atoms with Gasteiger partial charge in [0.1, 0.15) is 0 Å². The molecule has 0 radical (unpaired) electrons. The highest BCUT2D eigenvalue weighted by atomic mass is 15.3. The summed E-state index contributed by atoms with van der Waals surface area (Å²) in [5, 5.41) is 4.27. The molecule has 84 valence electrons. The van der Waals surface area contributed by atoms with Crippen LogP contribution in [0.5, 0.6) is 0 Å². The summed E-state index contributed by atoms with van der Waals surface area (Å²) in [5.41, 5.74) is 4.62. The second-order valence-corrected chi connectivity index (χ2v) is 4.78. The van der Waals surface area contributed by atoms with E-state index >= 15 is 0 Å². The molecule has 0 bridgehead atoms. The molecule has 1 unspecified atom stereocenters. The van der Waals surface area contributed by atoms with E-state index in [2.05, 4.69) is 30.6 Å². The smallest absolute Gasteiger partial charge is 0.0522 e. The third-order valence-electron chi connectivity index (χ3n) is 3.53. The highest BCUT2D eigenvalue weighted by Crippen LogP contribution is 2.48. The van der Waals surface area contributed by atoms with Gasteiger partial charge in [0.15, 0.2) is 0 Å². The zero-order chi connectivity index (χ0) is 10.9. The number of rotatable bonds is 5. The highest BCUT2D eigenvalue weighted by Gasteiger charge is 2.44. The van der Waals surface area contributed by atoms with E-state index in [1.165, 1.54) is 18.4 Å². The summed E-state index contributed by atoms with van der Waals surface area (Å²) < 4.78 is 1.96. The third-order valence-corrected chi connectivity index (χ3v) is 3.53. The first-order valence-electron chi connectivity index (χ1n) is 5.65. The van der Waals surface area contributed by atoms with Crippen LogP contribution in [0, 0.1) is 5.41 Å². The topological polar surface area (TPSA) is 55.9 Å². The molecule has 1 fully saturated rings. The Morgan fingerprint density at radius 3 is 2.87 bits per heavy atom. The second kappa shape index (κ2) is 3.94. The van der Waals surface area contributed by atoms with Gasteiger partial charge in [-0.3, -0.25) is 16.0 Å². The standard InChI is InChI=1S/C11H20N4/c1-3-15-8-9(7-13-15)6-10(14-12)11(2)4-5-11/h7-8,10,14H,3-6,12H2,1-2H3. The molecule has 0 aliphatic heterocycles. The Bertz CT molecular complexity index is 327. The van der Waals surface area contributed by atoms with E-state index in [1.54, 1.807) is 0 Å². The minimum atomic E-state index is 0.381. The number of aromatic nitrogens is 2. The Kier molecular flexibility index (Phi) is 2.80. The molecule has 0 spiro atoms. The zero-order valence-electron chi connectivity index (χ0n) is 9.53. The van der Waals surface area contributed by atoms with E-state index in [9.17, 15) is 0 Å². The number of hydrazine groups is 1. The molecule has 4 nitrogen and oxygen atoms in total. The molecule has 2 rings (SSSR count). The molecule has 0 aromatic carbocycles. The highest BCUT2D eigenvalue weighted by molar-refractivity contribution is 5.10. The number of nitrogens with two attached hydrogens (primary N) is 1. The fraction of sp³-hybridized carbons (Fsp3) is 0.727. The monoisotopic (exact) mass is 208 g/mol. The third kappa shape index (κ3) is 2.21. The molecule has 3 N–H and O–H groups in total. The van der Waals surface area contributed by atoms with Crippen molar-refractivity contribution in [3.8, 4) is 0 Å². The fourth-order valence-corrected chi connectivity index (χ4v) is 1.97. The van der Waals surface area contributed by atoms with Gasteiger partial charge in [0.25, 0.3) is 0 Å². The normalized spacial score (nSPS) is 20.2. The molecular formula is C11H20N4. The minimum absolute atomic E-state index is 0.381. The minimum Gasteiger partial charge on any atom is -0.273 e. The number of nitrogens with one attached hydrogen (secondary N) is 1. The number of hydrogen-bond acceptors (Lipinski definition) is 3. The first-order chi connectivity index (χ1) is 7.18. The predicted octanol–water partition coefficient (Wildman–Crippen LogP) is 1.08. The summed E-state index contributed by atoms with van der Waals surface area (Å²) >= 11 is 0. The molecule has 1 atom stereocenters. The van der Waals surface area contributed by atoms with Gasteiger partial charge in [-0.2, -0.15) is 5.10 Å². The quantitative estimate of drug-likeness (QED) is 0.562. The van der Waals surface area contributed by atoms with Gasteiger partial charge < -0.3 is 0 Å². The summed E-state index contributed by atoms with van der Waals surface area (Å²) in [5.74, 6) is 5.61. The molecule has 0 saturated heterocycles. The van der Waals surface area contributed by atoms with Crippen molar-refractivity contribution in [2.45, 2.75) is 45.7 Å². The Balaban J connectivity index is 2.00. The van der Waals surface area contributed by atoms with E-state index < -0.39 is 0 Å². The zero-order valence-corrected chi connectivity index (χ0v) is 9.53. The maximum Gasteiger partial charge on any atom is 0.0522 e. The number of hydrogen-bond donors (Lipinski definition) is 2. The van der Waals surface area contributed by atoms with Crippen LogP contribution >= 0.6 is 0 Å². The van der Waals surface area contributed by atoms with Crippen molar-refractivity contribution in [1.82, 2.24) is 15.2 Å². The Morgan fingerprint density at radius 2 is 2.40 bits per heavy atom. The lowest BCUT2D eigenvalue weighted by molar-refractivity contribution is 0.359. The molecule has 1 heterocycles. The lowest BCUT2D eigenvalue weighted by atomic mass is 9.94. The van der Waals surface area contributed by atoms with Gasteiger partial charge >= 0.3 is 0 Å². The molecule has 1 aromatic heterocycles. The van der Waals surface area contributed by atoms with Crippen molar-refractivity contribution in [3.63, 3.8) is 0 Å². The van der Waals surface area contributed by atoms with Gasteiger partial charge in [0, 0.05) is 18.8 Å². The largest absolute Gasteiger partial charge is 0.273 e. The number of nitrogens with zero attached hydrogens (tertiary/aromatic N) is 2. The molecule has 1 aromatic rings. The van der Waals surface area contributed by atoms with Gasteiger partial charge in [-0.05, 0) is 37.2 Å². The summed E-state index contributed by atoms with van der Waals surface area (Å²) in [7, 11) is 0. The molecule has 0 amide bonds. The lowest BCUT2D eigenvalue weighted by Gasteiger charge is -2.21. The van der Waals surface area contributed by atoms with Gasteiger partial charge in [-0.1, -0.05) is 6.92 Å². The van der Waals surface area contributed by atoms with Crippen LogP contribution in [-0.4, -0.2) is 15.8 Å². The molecule has 1 saturated carbocycles. The Labute approximate surface area is 90.8 Å². The van der Waals surface area contributed by atoms with Gasteiger partial charge in [0.05, 0.1) is 6.20 Å². The Hall–Kier alpha value is -0.870. The van der Waals surface area contributed by atoms with E-state index in [0.29, 0.717) is 11.5 Å². The molecule has 1 aliphatic carbocycles. The van der Waals surface area contributed by atoms with Crippen LogP contribution in [0.25, 0.3) is 0 Å². The maximum atomic E-state index is 5.61. The van der Waals surface area contributed by atoms with E-state index in [1.807, 2.05) is 10.9 Å². The molecule has 15 heavy (non-hydrogen) atoms. The average molecular weight is 208 g/mol. The predicted molar refractivity (Wildman–Crippen MR) is 60.1 cm³/mol. The average Bonchev–Trinajstić information content (AvgIpc) is 2.83. The molecule has 4 heteroatoms. The van der Waals surface area contributed by atoms with E-state index in [0.717, 1.165) is 13.0 Å². The molecular weight excluding hydrogens is 188 g/mol. The molecule has 1 aliphatic rings. The van der Waals surface area contributed by atoms with Crippen molar-refractivity contribution in [3.05, 3.63) is 18.0 Å². The van der Waals surface area contributed by atoms with Gasteiger partial charge in [0.2, 0.25) is 0 Å². The van der Waals surface area contributed by atoms with Crippen LogP contribution in [0.3, 0.4) is 0 Å². The second-order valence-electron chi connectivity index (χ2n) is 4.78. The summed E-state index contributed by atoms with van der Waals surface area (Å²) in [4.78, 5) is 0. The van der Waals surface area contributed by atoms with Crippen LogP contribution < -0.4 is 11.3 Å². The van der Waals surface area contributed by atoms with Crippen molar-refractivity contribution in [1.29, 1.82) is 0 Å². The van der Waals surface area contributed by atoms with Gasteiger partial charge in [-0.25, -0.2) is 0 Å². The number of aryl methyl sites for hydroxylation is 1. The first kappa shape index (κ1) is 10.6. The first-order valence-corrected chi connectivity index (χ1v) is 5.65. The van der Waals surface area contributed by atoms with Crippen LogP contribution in [0.1, 0.15) is 32.3 Å². The van der Waals surface area contributed by atoms with Crippen LogP contribution in [-0.2, 0) is 13.0 Å². The van der Waals surface area contributed by atoms with E-state index in [4.69, 9.17) is 5.84 Å². The SMILES string of the molecule is CCn1cc(CC(NN)C2(C)CC2)cn1. The lowest BCUT2D eigenvalue weighted by Crippen LogP contribution is -2.42. The summed E-state index contributed by atoms with van der Waals surface area (Å²) in [6.07, 6.45) is 7.59. The summed E-state index contributed by atoms with van der Waals surface area (Å²) in [6.45, 7) is 5.32. The Morgan fingerprint density at radius 1 is 1.67 bits per heavy atom. The van der Waals surface area contributed by atoms with Crippen molar-refractivity contribution >= 4 is 0 Å². The van der Waals surface area contributed by atoms with Crippen molar-refractivity contribution in [2.24, 2.45) is 11.3 Å². The van der Waals surface area contributed by atoms with E-state index in [-0.39, 0.29) is 0 Å². The van der Waals surface area contributed by atoms with Crippen LogP contribution in [0.2, 0.25) is 0 Å². The van der Waals surface area contributed by atoms with Gasteiger partial charge in [-0.15, -0.1) is 0 Å². The van der Waals surface area contributed by atoms with Crippen LogP contribution in [0.15, 0.2) is 12.4 Å². The maximum absolute atomic E-state index is 5.61. The fourth-order valence-electron chi connectivity index (χ4n) is 1.97. The van der Waals surface area contributed by atoms with Crippen LogP contribution in [0.4, 0.5) is 0 Å². The summed E-state index contributed by atoms with van der Waals surface area (Å²) in [6, 6.07) is 0.381. The van der Waals surface area contributed by atoms with Crippen molar-refractivity contribution < 1.29 is 0 Å².